The van der Waals surface area contributed by atoms with Gasteiger partial charge in [0.05, 0.1) is 10.7 Å². The highest BCUT2D eigenvalue weighted by Gasteiger charge is 2.45. The third kappa shape index (κ3) is 2.86. The number of aromatic nitrogens is 3. The average molecular weight is 348 g/mol. The Kier molecular flexibility index (Phi) is 4.03. The third-order valence-electron chi connectivity index (χ3n) is 4.80. The lowest BCUT2D eigenvalue weighted by atomic mass is 9.87. The van der Waals surface area contributed by atoms with Gasteiger partial charge in [-0.15, -0.1) is 11.3 Å². The smallest absolute Gasteiger partial charge is 0.189 e. The van der Waals surface area contributed by atoms with Crippen molar-refractivity contribution in [2.24, 2.45) is 0 Å². The van der Waals surface area contributed by atoms with Crippen LogP contribution >= 0.6 is 23.1 Å². The summed E-state index contributed by atoms with van der Waals surface area (Å²) in [5, 5.41) is 2.03. The van der Waals surface area contributed by atoms with E-state index in [1.807, 2.05) is 29.9 Å². The van der Waals surface area contributed by atoms with Crippen molar-refractivity contribution < 1.29 is 0 Å². The Labute approximate surface area is 145 Å². The number of anilines is 1. The van der Waals surface area contributed by atoms with Gasteiger partial charge in [0.1, 0.15) is 5.82 Å². The van der Waals surface area contributed by atoms with Gasteiger partial charge in [-0.1, -0.05) is 11.8 Å². The number of hydrogen-bond donors (Lipinski definition) is 0. The molecule has 7 heteroatoms. The van der Waals surface area contributed by atoms with E-state index in [4.69, 9.17) is 0 Å². The maximum absolute atomic E-state index is 4.65. The molecule has 3 fully saturated rings. The minimum absolute atomic E-state index is 0.642. The molecule has 0 aliphatic carbocycles. The van der Waals surface area contributed by atoms with Crippen LogP contribution < -0.4 is 4.90 Å². The molecule has 3 aliphatic rings. The van der Waals surface area contributed by atoms with Gasteiger partial charge >= 0.3 is 0 Å². The Morgan fingerprint density at radius 2 is 2.04 bits per heavy atom. The van der Waals surface area contributed by atoms with E-state index in [1.54, 1.807) is 11.8 Å². The van der Waals surface area contributed by atoms with Crippen LogP contribution in [0.5, 0.6) is 0 Å². The molecule has 2 bridgehead atoms. The molecule has 2 atom stereocenters. The molecule has 3 saturated heterocycles. The van der Waals surface area contributed by atoms with Crippen LogP contribution in [0.4, 0.5) is 5.82 Å². The molecule has 0 spiro atoms. The Morgan fingerprint density at radius 3 is 2.70 bits per heavy atom. The van der Waals surface area contributed by atoms with E-state index < -0.39 is 0 Å². The molecule has 5 nitrogen and oxygen atoms in total. The number of fused-ring (bicyclic) bond motifs is 2. The van der Waals surface area contributed by atoms with Crippen molar-refractivity contribution in [1.29, 1.82) is 0 Å². The van der Waals surface area contributed by atoms with E-state index in [1.165, 1.54) is 22.0 Å². The van der Waals surface area contributed by atoms with Crippen molar-refractivity contribution in [3.8, 4) is 0 Å². The van der Waals surface area contributed by atoms with Crippen LogP contribution in [0.1, 0.15) is 22.0 Å². The Balaban J connectivity index is 1.44. The molecule has 2 aromatic rings. The summed E-state index contributed by atoms with van der Waals surface area (Å²) in [5.41, 5.74) is 1.20. The first-order valence-electron chi connectivity index (χ1n) is 7.94. The van der Waals surface area contributed by atoms with E-state index in [0.29, 0.717) is 12.1 Å². The fraction of sp³-hybridized carbons (Fsp3) is 0.562. The predicted molar refractivity (Wildman–Crippen MR) is 95.4 cm³/mol. The molecule has 0 radical (unpaired) electrons. The molecule has 3 aliphatic heterocycles. The van der Waals surface area contributed by atoms with Crippen molar-refractivity contribution in [2.75, 3.05) is 24.2 Å². The number of nitrogens with zero attached hydrogens (tertiary/aromatic N) is 5. The van der Waals surface area contributed by atoms with Crippen LogP contribution in [-0.4, -0.2) is 51.3 Å². The van der Waals surface area contributed by atoms with Gasteiger partial charge in [0.2, 0.25) is 0 Å². The Hall–Kier alpha value is -1.18. The summed E-state index contributed by atoms with van der Waals surface area (Å²) in [5.74, 6) is 1.07. The maximum Gasteiger partial charge on any atom is 0.189 e. The SMILES string of the molecule is CSc1nccc(N2CC3CC(C2)N3Cc2sc(C)nc2C)n1. The first-order valence-corrected chi connectivity index (χ1v) is 9.99. The minimum Gasteiger partial charge on any atom is -0.353 e. The highest BCUT2D eigenvalue weighted by atomic mass is 32.2. The zero-order chi connectivity index (χ0) is 16.0. The van der Waals surface area contributed by atoms with Crippen molar-refractivity contribution in [3.05, 3.63) is 27.8 Å². The summed E-state index contributed by atoms with van der Waals surface area (Å²) >= 11 is 3.44. The molecule has 0 aromatic carbocycles. The van der Waals surface area contributed by atoms with E-state index >= 15 is 0 Å². The molecular formula is C16H21N5S2. The van der Waals surface area contributed by atoms with E-state index in [0.717, 1.165) is 30.6 Å². The summed E-state index contributed by atoms with van der Waals surface area (Å²) in [6.45, 7) is 7.42. The molecule has 0 amide bonds. The fourth-order valence-corrected chi connectivity index (χ4v) is 4.92. The molecular weight excluding hydrogens is 326 g/mol. The number of hydrogen-bond acceptors (Lipinski definition) is 7. The second-order valence-electron chi connectivity index (χ2n) is 6.26. The molecule has 122 valence electrons. The van der Waals surface area contributed by atoms with Gasteiger partial charge in [0, 0.05) is 42.8 Å². The molecule has 0 saturated carbocycles. The molecule has 5 heterocycles. The number of aryl methyl sites for hydroxylation is 2. The van der Waals surface area contributed by atoms with Crippen LogP contribution in [-0.2, 0) is 6.54 Å². The maximum atomic E-state index is 4.65. The molecule has 2 aromatic heterocycles. The van der Waals surface area contributed by atoms with Crippen LogP contribution in [0.3, 0.4) is 0 Å². The van der Waals surface area contributed by atoms with Crippen LogP contribution in [0.2, 0.25) is 0 Å². The van der Waals surface area contributed by atoms with Crippen molar-refractivity contribution in [3.63, 3.8) is 0 Å². The van der Waals surface area contributed by atoms with Gasteiger partial charge in [-0.2, -0.15) is 0 Å². The van der Waals surface area contributed by atoms with Gasteiger partial charge in [-0.05, 0) is 32.6 Å². The largest absolute Gasteiger partial charge is 0.353 e. The zero-order valence-corrected chi connectivity index (χ0v) is 15.3. The first-order chi connectivity index (χ1) is 11.1. The first kappa shape index (κ1) is 15.4. The zero-order valence-electron chi connectivity index (χ0n) is 13.7. The predicted octanol–water partition coefficient (Wildman–Crippen LogP) is 2.73. The van der Waals surface area contributed by atoms with Gasteiger partial charge in [-0.25, -0.2) is 15.0 Å². The lowest BCUT2D eigenvalue weighted by molar-refractivity contribution is -0.00805. The van der Waals surface area contributed by atoms with Gasteiger partial charge in [0.15, 0.2) is 5.16 Å². The number of piperidine rings is 1. The van der Waals surface area contributed by atoms with E-state index in [9.17, 15) is 0 Å². The summed E-state index contributed by atoms with van der Waals surface area (Å²) in [6, 6.07) is 3.32. The van der Waals surface area contributed by atoms with Crippen LogP contribution in [0.15, 0.2) is 17.4 Å². The summed E-state index contributed by atoms with van der Waals surface area (Å²) < 4.78 is 0. The Bertz CT molecular complexity index is 704. The van der Waals surface area contributed by atoms with Gasteiger partial charge in [-0.3, -0.25) is 4.90 Å². The van der Waals surface area contributed by atoms with E-state index in [-0.39, 0.29) is 0 Å². The number of piperazine rings is 1. The van der Waals surface area contributed by atoms with Crippen LogP contribution in [0, 0.1) is 13.8 Å². The standard InChI is InChI=1S/C16H21N5S2/c1-10-14(23-11(2)18-10)9-21-12-6-13(21)8-20(7-12)15-4-5-17-16(19-15)22-3/h4-5,12-13H,6-9H2,1-3H3. The van der Waals surface area contributed by atoms with Gasteiger partial charge < -0.3 is 4.90 Å². The Morgan fingerprint density at radius 1 is 1.26 bits per heavy atom. The number of thioether (sulfide) groups is 1. The molecule has 0 N–H and O–H groups in total. The monoisotopic (exact) mass is 347 g/mol. The van der Waals surface area contributed by atoms with Crippen LogP contribution in [0.25, 0.3) is 0 Å². The average Bonchev–Trinajstić information content (AvgIpc) is 2.90. The summed E-state index contributed by atoms with van der Waals surface area (Å²) in [7, 11) is 0. The second kappa shape index (κ2) is 6.03. The lowest BCUT2D eigenvalue weighted by Crippen LogP contribution is -2.68. The molecule has 5 rings (SSSR count). The summed E-state index contributed by atoms with van der Waals surface area (Å²) in [6.07, 6.45) is 5.21. The normalized spacial score (nSPS) is 23.9. The highest BCUT2D eigenvalue weighted by Crippen LogP contribution is 2.36. The number of thiazole rings is 1. The highest BCUT2D eigenvalue weighted by molar-refractivity contribution is 7.98. The van der Waals surface area contributed by atoms with Gasteiger partial charge in [0.25, 0.3) is 0 Å². The van der Waals surface area contributed by atoms with E-state index in [2.05, 4.69) is 38.6 Å². The number of rotatable bonds is 4. The molecule has 2 unspecified atom stereocenters. The minimum atomic E-state index is 0.642. The topological polar surface area (TPSA) is 45.2 Å². The fourth-order valence-electron chi connectivity index (χ4n) is 3.62. The lowest BCUT2D eigenvalue weighted by Gasteiger charge is -2.56. The second-order valence-corrected chi connectivity index (χ2v) is 8.32. The van der Waals surface area contributed by atoms with Crippen molar-refractivity contribution >= 4 is 28.9 Å². The van der Waals surface area contributed by atoms with Crippen molar-refractivity contribution in [1.82, 2.24) is 19.9 Å². The van der Waals surface area contributed by atoms with Crippen molar-refractivity contribution in [2.45, 2.75) is 44.1 Å². The quantitative estimate of drug-likeness (QED) is 0.626. The molecule has 23 heavy (non-hydrogen) atoms. The third-order valence-corrected chi connectivity index (χ3v) is 6.42. The summed E-state index contributed by atoms with van der Waals surface area (Å²) in [4.78, 5) is 20.0.